The molecule has 2 unspecified atom stereocenters. The van der Waals surface area contributed by atoms with E-state index in [4.69, 9.17) is 18.0 Å². The molecular formula is C15H20N2OS. The summed E-state index contributed by atoms with van der Waals surface area (Å²) in [6.45, 7) is 4.23. The Morgan fingerprint density at radius 3 is 2.42 bits per heavy atom. The van der Waals surface area contributed by atoms with Crippen molar-refractivity contribution in [3.63, 3.8) is 0 Å². The van der Waals surface area contributed by atoms with E-state index in [9.17, 15) is 4.79 Å². The van der Waals surface area contributed by atoms with Gasteiger partial charge in [0.1, 0.15) is 4.99 Å². The minimum Gasteiger partial charge on any atom is -0.389 e. The van der Waals surface area contributed by atoms with Crippen molar-refractivity contribution < 1.29 is 4.79 Å². The van der Waals surface area contributed by atoms with Crippen LogP contribution in [0.15, 0.2) is 24.3 Å². The standard InChI is InChI=1S/C15H20N2OS/c1-10-5-3-6-11(2)17(10)15(18)13-8-4-7-12(9-13)14(16)19/h4,7-11H,3,5-6H2,1-2H3,(H2,16,19). The molecule has 3 nitrogen and oxygen atoms in total. The molecule has 1 saturated heterocycles. The summed E-state index contributed by atoms with van der Waals surface area (Å²) in [6.07, 6.45) is 3.34. The Hall–Kier alpha value is -1.42. The fraction of sp³-hybridized carbons (Fsp3) is 0.467. The van der Waals surface area contributed by atoms with Crippen LogP contribution in [0.1, 0.15) is 49.0 Å². The minimum absolute atomic E-state index is 0.0813. The average Bonchev–Trinajstić information content (AvgIpc) is 2.38. The zero-order valence-corrected chi connectivity index (χ0v) is 12.2. The first kappa shape index (κ1) is 14.0. The number of amides is 1. The Morgan fingerprint density at radius 1 is 1.26 bits per heavy atom. The van der Waals surface area contributed by atoms with Crippen LogP contribution in [0.2, 0.25) is 0 Å². The lowest BCUT2D eigenvalue weighted by Crippen LogP contribution is -2.47. The second-order valence-electron chi connectivity index (χ2n) is 5.29. The van der Waals surface area contributed by atoms with Crippen LogP contribution >= 0.6 is 12.2 Å². The van der Waals surface area contributed by atoms with Crippen LogP contribution in [-0.4, -0.2) is 27.9 Å². The van der Waals surface area contributed by atoms with Gasteiger partial charge in [-0.15, -0.1) is 0 Å². The van der Waals surface area contributed by atoms with Crippen LogP contribution in [0, 0.1) is 0 Å². The summed E-state index contributed by atoms with van der Waals surface area (Å²) < 4.78 is 0. The third-order valence-electron chi connectivity index (χ3n) is 3.82. The van der Waals surface area contributed by atoms with Crippen molar-refractivity contribution in [3.8, 4) is 0 Å². The number of hydrogen-bond donors (Lipinski definition) is 1. The van der Waals surface area contributed by atoms with Crippen LogP contribution in [0.5, 0.6) is 0 Å². The van der Waals surface area contributed by atoms with Crippen molar-refractivity contribution in [2.45, 2.75) is 45.2 Å². The summed E-state index contributed by atoms with van der Waals surface area (Å²) in [5.74, 6) is 0.0813. The van der Waals surface area contributed by atoms with Gasteiger partial charge in [0, 0.05) is 23.2 Å². The van der Waals surface area contributed by atoms with E-state index in [0.29, 0.717) is 22.6 Å². The van der Waals surface area contributed by atoms with Gasteiger partial charge in [-0.3, -0.25) is 4.79 Å². The molecule has 1 amide bonds. The first-order valence-corrected chi connectivity index (χ1v) is 7.14. The van der Waals surface area contributed by atoms with Crippen molar-refractivity contribution >= 4 is 23.1 Å². The Morgan fingerprint density at radius 2 is 1.84 bits per heavy atom. The normalized spacial score (nSPS) is 23.2. The molecule has 2 rings (SSSR count). The predicted octanol–water partition coefficient (Wildman–Crippen LogP) is 2.72. The van der Waals surface area contributed by atoms with Crippen LogP contribution in [0.25, 0.3) is 0 Å². The lowest BCUT2D eigenvalue weighted by Gasteiger charge is -2.39. The first-order chi connectivity index (χ1) is 9.00. The van der Waals surface area contributed by atoms with E-state index in [-0.39, 0.29) is 5.91 Å². The van der Waals surface area contributed by atoms with E-state index in [1.165, 1.54) is 6.42 Å². The van der Waals surface area contributed by atoms with E-state index in [2.05, 4.69) is 13.8 Å². The van der Waals surface area contributed by atoms with E-state index in [0.717, 1.165) is 18.4 Å². The largest absolute Gasteiger partial charge is 0.389 e. The molecule has 4 heteroatoms. The average molecular weight is 276 g/mol. The molecule has 1 aliphatic heterocycles. The maximum absolute atomic E-state index is 12.6. The second-order valence-corrected chi connectivity index (χ2v) is 5.73. The summed E-state index contributed by atoms with van der Waals surface area (Å²) in [7, 11) is 0. The Kier molecular flexibility index (Phi) is 4.20. The van der Waals surface area contributed by atoms with Gasteiger partial charge in [0.15, 0.2) is 0 Å². The van der Waals surface area contributed by atoms with Gasteiger partial charge in [-0.1, -0.05) is 24.4 Å². The monoisotopic (exact) mass is 276 g/mol. The number of hydrogen-bond acceptors (Lipinski definition) is 2. The lowest BCUT2D eigenvalue weighted by atomic mass is 9.96. The van der Waals surface area contributed by atoms with Gasteiger partial charge in [-0.05, 0) is 45.2 Å². The summed E-state index contributed by atoms with van der Waals surface area (Å²) >= 11 is 4.96. The number of rotatable bonds is 2. The number of benzene rings is 1. The molecule has 0 saturated carbocycles. The van der Waals surface area contributed by atoms with E-state index in [1.54, 1.807) is 6.07 Å². The maximum Gasteiger partial charge on any atom is 0.254 e. The van der Waals surface area contributed by atoms with E-state index in [1.807, 2.05) is 23.1 Å². The summed E-state index contributed by atoms with van der Waals surface area (Å²) in [4.78, 5) is 15.0. The van der Waals surface area contributed by atoms with E-state index < -0.39 is 0 Å². The minimum atomic E-state index is 0.0813. The van der Waals surface area contributed by atoms with Crippen molar-refractivity contribution in [1.29, 1.82) is 0 Å². The van der Waals surface area contributed by atoms with Gasteiger partial charge in [0.25, 0.3) is 5.91 Å². The molecule has 1 heterocycles. The van der Waals surface area contributed by atoms with Crippen molar-refractivity contribution in [3.05, 3.63) is 35.4 Å². The molecule has 1 fully saturated rings. The number of piperidine rings is 1. The summed E-state index contributed by atoms with van der Waals surface area (Å²) in [6, 6.07) is 7.88. The molecule has 0 aromatic heterocycles. The molecule has 0 bridgehead atoms. The molecule has 0 spiro atoms. The highest BCUT2D eigenvalue weighted by Gasteiger charge is 2.29. The van der Waals surface area contributed by atoms with Crippen LogP contribution in [0.4, 0.5) is 0 Å². The van der Waals surface area contributed by atoms with Crippen molar-refractivity contribution in [2.24, 2.45) is 5.73 Å². The Labute approximate surface area is 119 Å². The highest BCUT2D eigenvalue weighted by atomic mass is 32.1. The SMILES string of the molecule is CC1CCCC(C)N1C(=O)c1cccc(C(N)=S)c1. The molecule has 102 valence electrons. The van der Waals surface area contributed by atoms with Crippen LogP contribution in [-0.2, 0) is 0 Å². The highest BCUT2D eigenvalue weighted by molar-refractivity contribution is 7.80. The van der Waals surface area contributed by atoms with Crippen molar-refractivity contribution in [1.82, 2.24) is 4.90 Å². The molecule has 2 atom stereocenters. The fourth-order valence-corrected chi connectivity index (χ4v) is 2.90. The Balaban J connectivity index is 2.27. The van der Waals surface area contributed by atoms with Crippen LogP contribution < -0.4 is 5.73 Å². The third kappa shape index (κ3) is 2.95. The number of nitrogens with zero attached hydrogens (tertiary/aromatic N) is 1. The number of thiocarbonyl (C=S) groups is 1. The smallest absolute Gasteiger partial charge is 0.254 e. The van der Waals surface area contributed by atoms with E-state index >= 15 is 0 Å². The summed E-state index contributed by atoms with van der Waals surface area (Å²) in [5, 5.41) is 0. The zero-order valence-electron chi connectivity index (χ0n) is 11.4. The summed E-state index contributed by atoms with van der Waals surface area (Å²) in [5.41, 5.74) is 7.04. The van der Waals surface area contributed by atoms with Gasteiger partial charge >= 0.3 is 0 Å². The molecule has 1 aromatic carbocycles. The highest BCUT2D eigenvalue weighted by Crippen LogP contribution is 2.24. The van der Waals surface area contributed by atoms with Gasteiger partial charge in [-0.2, -0.15) is 0 Å². The quantitative estimate of drug-likeness (QED) is 0.845. The first-order valence-electron chi connectivity index (χ1n) is 6.73. The Bertz CT molecular complexity index is 491. The van der Waals surface area contributed by atoms with Gasteiger partial charge < -0.3 is 10.6 Å². The molecular weight excluding hydrogens is 256 g/mol. The van der Waals surface area contributed by atoms with Gasteiger partial charge in [0.05, 0.1) is 0 Å². The molecule has 19 heavy (non-hydrogen) atoms. The fourth-order valence-electron chi connectivity index (χ4n) is 2.78. The van der Waals surface area contributed by atoms with Crippen LogP contribution in [0.3, 0.4) is 0 Å². The topological polar surface area (TPSA) is 46.3 Å². The molecule has 1 aliphatic rings. The maximum atomic E-state index is 12.6. The predicted molar refractivity (Wildman–Crippen MR) is 81.3 cm³/mol. The third-order valence-corrected chi connectivity index (χ3v) is 4.06. The molecule has 0 radical (unpaired) electrons. The molecule has 2 N–H and O–H groups in total. The van der Waals surface area contributed by atoms with Crippen molar-refractivity contribution in [2.75, 3.05) is 0 Å². The number of carbonyl (C=O) groups excluding carboxylic acids is 1. The number of likely N-dealkylation sites (tertiary alicyclic amines) is 1. The second kappa shape index (κ2) is 5.70. The zero-order chi connectivity index (χ0) is 14.0. The van der Waals surface area contributed by atoms with Gasteiger partial charge in [0.2, 0.25) is 0 Å². The van der Waals surface area contributed by atoms with Gasteiger partial charge in [-0.25, -0.2) is 0 Å². The molecule has 0 aliphatic carbocycles. The number of carbonyl (C=O) groups is 1. The molecule has 1 aromatic rings. The lowest BCUT2D eigenvalue weighted by molar-refractivity contribution is 0.0511. The number of nitrogens with two attached hydrogens (primary N) is 1.